The highest BCUT2D eigenvalue weighted by molar-refractivity contribution is 5.87. The van der Waals surface area contributed by atoms with Crippen molar-refractivity contribution in [3.8, 4) is 0 Å². The number of esters is 1. The first-order valence-corrected chi connectivity index (χ1v) is 8.96. The summed E-state index contributed by atoms with van der Waals surface area (Å²) in [6.07, 6.45) is 2.37. The van der Waals surface area contributed by atoms with Gasteiger partial charge in [-0.3, -0.25) is 0 Å². The zero-order valence-corrected chi connectivity index (χ0v) is 16.3. The van der Waals surface area contributed by atoms with Gasteiger partial charge in [0.1, 0.15) is 0 Å². The van der Waals surface area contributed by atoms with Crippen LogP contribution in [0.4, 0.5) is 0 Å². The predicted octanol–water partition coefficient (Wildman–Crippen LogP) is 0.983. The molecule has 3 N–H and O–H groups in total. The summed E-state index contributed by atoms with van der Waals surface area (Å²) >= 11 is 0. The van der Waals surface area contributed by atoms with E-state index in [9.17, 15) is 20.1 Å². The molecule has 0 bridgehead atoms. The van der Waals surface area contributed by atoms with E-state index in [0.29, 0.717) is 38.2 Å². The number of ether oxygens (including phenoxy) is 4. The van der Waals surface area contributed by atoms with Crippen LogP contribution in [-0.4, -0.2) is 73.5 Å². The van der Waals surface area contributed by atoms with E-state index in [1.165, 1.54) is 0 Å². The molecule has 0 aromatic carbocycles. The predicted molar refractivity (Wildman–Crippen MR) is 95.2 cm³/mol. The molecule has 0 aromatic heterocycles. The Bertz CT molecular complexity index is 392. The monoisotopic (exact) mass is 378 g/mol. The molecule has 0 aromatic rings. The van der Waals surface area contributed by atoms with E-state index in [4.69, 9.17) is 18.9 Å². The molecular weight excluding hydrogens is 344 g/mol. The Kier molecular flexibility index (Phi) is 12.7. The molecule has 0 aliphatic heterocycles. The van der Waals surface area contributed by atoms with Gasteiger partial charge in [0.2, 0.25) is 0 Å². The van der Waals surface area contributed by atoms with Crippen molar-refractivity contribution in [1.29, 1.82) is 0 Å². The van der Waals surface area contributed by atoms with Crippen molar-refractivity contribution >= 4 is 5.97 Å². The fraction of sp³-hybridized carbons (Fsp3) is 0.833. The molecule has 0 aliphatic carbocycles. The maximum Gasteiger partial charge on any atom is 0.333 e. The Morgan fingerprint density at radius 1 is 0.923 bits per heavy atom. The average Bonchev–Trinajstić information content (AvgIpc) is 2.64. The van der Waals surface area contributed by atoms with Gasteiger partial charge in [-0.15, -0.1) is 0 Å². The molecule has 154 valence electrons. The van der Waals surface area contributed by atoms with E-state index >= 15 is 0 Å². The fourth-order valence-corrected chi connectivity index (χ4v) is 2.24. The van der Waals surface area contributed by atoms with Gasteiger partial charge in [-0.1, -0.05) is 6.08 Å². The average molecular weight is 378 g/mol. The maximum atomic E-state index is 12.2. The quantitative estimate of drug-likeness (QED) is 0.219. The summed E-state index contributed by atoms with van der Waals surface area (Å²) in [7, 11) is 0. The Balaban J connectivity index is 4.76. The van der Waals surface area contributed by atoms with E-state index in [0.717, 1.165) is 0 Å². The number of aliphatic hydroxyl groups is 3. The standard InChI is InChI=1S/C18H34O8/c1-5-24-18(25-6-2,26-7-3)14-23-16(22)15(4)9-8-10-17(11-19,12-20)13-21/h9,19-21H,5-8,10-14H2,1-4H3. The van der Waals surface area contributed by atoms with Gasteiger partial charge in [-0.2, -0.15) is 0 Å². The number of allylic oxidation sites excluding steroid dienone is 1. The van der Waals surface area contributed by atoms with Crippen LogP contribution in [-0.2, 0) is 23.7 Å². The van der Waals surface area contributed by atoms with E-state index in [1.807, 2.05) is 0 Å². The second-order valence-electron chi connectivity index (χ2n) is 5.96. The van der Waals surface area contributed by atoms with Crippen LogP contribution in [0.3, 0.4) is 0 Å². The molecule has 0 heterocycles. The molecular formula is C18H34O8. The molecule has 0 amide bonds. The van der Waals surface area contributed by atoms with Crippen molar-refractivity contribution < 1.29 is 39.1 Å². The van der Waals surface area contributed by atoms with E-state index in [1.54, 1.807) is 33.8 Å². The SMILES string of the molecule is CCOC(COC(=O)C(C)=CCCC(CO)(CO)CO)(OCC)OCC. The third-order valence-corrected chi connectivity index (χ3v) is 3.93. The highest BCUT2D eigenvalue weighted by atomic mass is 16.9. The highest BCUT2D eigenvalue weighted by Gasteiger charge is 2.35. The Morgan fingerprint density at radius 2 is 1.38 bits per heavy atom. The van der Waals surface area contributed by atoms with E-state index in [-0.39, 0.29) is 26.4 Å². The smallest absolute Gasteiger partial charge is 0.333 e. The van der Waals surface area contributed by atoms with Crippen LogP contribution in [0.5, 0.6) is 0 Å². The second-order valence-corrected chi connectivity index (χ2v) is 5.96. The lowest BCUT2D eigenvalue weighted by Crippen LogP contribution is -2.44. The van der Waals surface area contributed by atoms with Crippen molar-refractivity contribution in [2.75, 3.05) is 46.2 Å². The normalized spacial score (nSPS) is 13.1. The zero-order valence-electron chi connectivity index (χ0n) is 16.3. The van der Waals surface area contributed by atoms with E-state index < -0.39 is 17.4 Å². The number of hydrogen-bond donors (Lipinski definition) is 3. The van der Waals surface area contributed by atoms with Crippen LogP contribution in [0.15, 0.2) is 11.6 Å². The highest BCUT2D eigenvalue weighted by Crippen LogP contribution is 2.23. The Hall–Kier alpha value is -1.03. The summed E-state index contributed by atoms with van der Waals surface area (Å²) in [6, 6.07) is 0. The van der Waals surface area contributed by atoms with Crippen LogP contribution in [0.25, 0.3) is 0 Å². The summed E-state index contributed by atoms with van der Waals surface area (Å²) in [5.74, 6) is -1.97. The zero-order chi connectivity index (χ0) is 20.1. The van der Waals surface area contributed by atoms with Gasteiger partial charge in [-0.05, 0) is 40.5 Å². The van der Waals surface area contributed by atoms with Gasteiger partial charge in [0.15, 0.2) is 6.61 Å². The van der Waals surface area contributed by atoms with Crippen LogP contribution < -0.4 is 0 Å². The third-order valence-electron chi connectivity index (χ3n) is 3.93. The molecule has 26 heavy (non-hydrogen) atoms. The molecule has 0 rings (SSSR count). The van der Waals surface area contributed by atoms with Crippen molar-refractivity contribution in [2.24, 2.45) is 5.41 Å². The molecule has 0 atom stereocenters. The minimum Gasteiger partial charge on any atom is -0.454 e. The van der Waals surface area contributed by atoms with Crippen LogP contribution >= 0.6 is 0 Å². The second kappa shape index (κ2) is 13.2. The first-order valence-electron chi connectivity index (χ1n) is 8.96. The Labute approximate surface area is 155 Å². The summed E-state index contributed by atoms with van der Waals surface area (Å²) in [4.78, 5) is 12.2. The van der Waals surface area contributed by atoms with Crippen LogP contribution in [0.2, 0.25) is 0 Å². The van der Waals surface area contributed by atoms with Gasteiger partial charge in [0.25, 0.3) is 0 Å². The number of rotatable bonds is 15. The molecule has 0 unspecified atom stereocenters. The molecule has 8 heteroatoms. The lowest BCUT2D eigenvalue weighted by molar-refractivity contribution is -0.387. The Morgan fingerprint density at radius 3 is 1.77 bits per heavy atom. The maximum absolute atomic E-state index is 12.2. The van der Waals surface area contributed by atoms with Crippen molar-refractivity contribution in [3.05, 3.63) is 11.6 Å². The van der Waals surface area contributed by atoms with Gasteiger partial charge in [0, 0.05) is 30.8 Å². The van der Waals surface area contributed by atoms with Crippen molar-refractivity contribution in [3.63, 3.8) is 0 Å². The van der Waals surface area contributed by atoms with Crippen molar-refractivity contribution in [1.82, 2.24) is 0 Å². The summed E-state index contributed by atoms with van der Waals surface area (Å²) in [6.45, 7) is 6.74. The van der Waals surface area contributed by atoms with Gasteiger partial charge >= 0.3 is 11.9 Å². The molecule has 0 saturated heterocycles. The molecule has 0 fully saturated rings. The first-order chi connectivity index (χ1) is 12.4. The number of hydrogen-bond acceptors (Lipinski definition) is 8. The minimum absolute atomic E-state index is 0.208. The van der Waals surface area contributed by atoms with Crippen LogP contribution in [0.1, 0.15) is 40.5 Å². The number of carbonyl (C=O) groups excluding carboxylic acids is 1. The molecule has 0 saturated carbocycles. The number of aliphatic hydroxyl groups excluding tert-OH is 3. The lowest BCUT2D eigenvalue weighted by Gasteiger charge is -2.31. The lowest BCUT2D eigenvalue weighted by atomic mass is 9.85. The van der Waals surface area contributed by atoms with Crippen molar-refractivity contribution in [2.45, 2.75) is 46.5 Å². The van der Waals surface area contributed by atoms with Crippen LogP contribution in [0, 0.1) is 5.41 Å². The fourth-order valence-electron chi connectivity index (χ4n) is 2.24. The molecule has 8 nitrogen and oxygen atoms in total. The minimum atomic E-state index is -1.42. The van der Waals surface area contributed by atoms with Gasteiger partial charge in [0.05, 0.1) is 19.8 Å². The van der Waals surface area contributed by atoms with Gasteiger partial charge in [-0.25, -0.2) is 4.79 Å². The van der Waals surface area contributed by atoms with Gasteiger partial charge < -0.3 is 34.3 Å². The molecule has 0 aliphatic rings. The summed E-state index contributed by atoms with van der Waals surface area (Å²) in [5, 5.41) is 27.9. The third kappa shape index (κ3) is 8.11. The first kappa shape index (κ1) is 25.0. The topological polar surface area (TPSA) is 115 Å². The van der Waals surface area contributed by atoms with E-state index in [2.05, 4.69) is 0 Å². The molecule has 0 spiro atoms. The molecule has 0 radical (unpaired) electrons. The summed E-state index contributed by atoms with van der Waals surface area (Å²) < 4.78 is 21.7. The summed E-state index contributed by atoms with van der Waals surface area (Å²) in [5.41, 5.74) is -0.597. The largest absolute Gasteiger partial charge is 0.454 e. The number of carbonyl (C=O) groups is 1.